The second kappa shape index (κ2) is 7.56. The summed E-state index contributed by atoms with van der Waals surface area (Å²) in [6.07, 6.45) is 3.64. The third kappa shape index (κ3) is 3.07. The van der Waals surface area contributed by atoms with Gasteiger partial charge in [-0.05, 0) is 17.2 Å². The molecular formula is C25H23N3O3. The van der Waals surface area contributed by atoms with Crippen molar-refractivity contribution in [2.24, 2.45) is 14.1 Å². The van der Waals surface area contributed by atoms with E-state index in [1.807, 2.05) is 72.8 Å². The molecule has 5 rings (SSSR count). The molecule has 2 aromatic heterocycles. The van der Waals surface area contributed by atoms with E-state index in [9.17, 15) is 9.59 Å². The van der Waals surface area contributed by atoms with Gasteiger partial charge in [-0.2, -0.15) is 0 Å². The van der Waals surface area contributed by atoms with Crippen molar-refractivity contribution in [1.82, 2.24) is 13.7 Å². The minimum atomic E-state index is -0.369. The maximum Gasteiger partial charge on any atom is 0.331 e. The standard InChI is InChI=1S/C25H23N3O3/c1-26-23-20(24(29)27(2)25(26)30)21(18-11-7-4-8-12-18)28-15-16-31-19(22(23)28)14-13-17-9-5-3-6-10-17/h3-14,19H,15-16H2,1-2H3/b14-13+/t19-/m0/s1. The Bertz CT molecular complexity index is 1410. The van der Waals surface area contributed by atoms with Gasteiger partial charge < -0.3 is 9.30 Å². The SMILES string of the molecule is Cn1c(=O)c2c(-c3ccccc3)n3c(c2n(C)c1=O)[C@H](/C=C/c1ccccc1)OCC3. The highest BCUT2D eigenvalue weighted by Gasteiger charge is 2.30. The van der Waals surface area contributed by atoms with Gasteiger partial charge in [0.15, 0.2) is 0 Å². The van der Waals surface area contributed by atoms with Gasteiger partial charge in [-0.15, -0.1) is 0 Å². The Balaban J connectivity index is 1.83. The number of aromatic nitrogens is 3. The molecule has 1 aliphatic rings. The highest BCUT2D eigenvalue weighted by atomic mass is 16.5. The fraction of sp³-hybridized carbons (Fsp3) is 0.200. The first kappa shape index (κ1) is 19.3. The van der Waals surface area contributed by atoms with E-state index in [1.54, 1.807) is 11.6 Å². The van der Waals surface area contributed by atoms with Crippen molar-refractivity contribution in [2.45, 2.75) is 12.6 Å². The number of aryl methyl sites for hydroxylation is 1. The number of hydrogen-bond donors (Lipinski definition) is 0. The summed E-state index contributed by atoms with van der Waals surface area (Å²) in [6.45, 7) is 1.13. The summed E-state index contributed by atoms with van der Waals surface area (Å²) in [5, 5.41) is 0.550. The Kier molecular flexibility index (Phi) is 4.71. The summed E-state index contributed by atoms with van der Waals surface area (Å²) in [6, 6.07) is 19.9. The Morgan fingerprint density at radius 1 is 0.935 bits per heavy atom. The van der Waals surface area contributed by atoms with E-state index in [4.69, 9.17) is 4.74 Å². The van der Waals surface area contributed by atoms with Crippen molar-refractivity contribution >= 4 is 17.0 Å². The molecule has 4 aromatic rings. The lowest BCUT2D eigenvalue weighted by atomic mass is 10.1. The molecule has 0 unspecified atom stereocenters. The summed E-state index contributed by atoms with van der Waals surface area (Å²) in [5.41, 5.74) is 3.68. The average Bonchev–Trinajstić information content (AvgIpc) is 3.17. The molecule has 1 aliphatic heterocycles. The second-order valence-corrected chi connectivity index (χ2v) is 7.74. The lowest BCUT2D eigenvalue weighted by Crippen LogP contribution is -2.37. The number of nitrogens with zero attached hydrogens (tertiary/aromatic N) is 3. The van der Waals surface area contributed by atoms with Gasteiger partial charge in [-0.25, -0.2) is 4.79 Å². The normalized spacial score (nSPS) is 16.1. The molecule has 156 valence electrons. The lowest BCUT2D eigenvalue weighted by molar-refractivity contribution is 0.0532. The summed E-state index contributed by atoms with van der Waals surface area (Å²) in [4.78, 5) is 26.1. The molecular weight excluding hydrogens is 390 g/mol. The molecule has 0 N–H and O–H groups in total. The molecule has 3 heterocycles. The molecule has 0 amide bonds. The van der Waals surface area contributed by atoms with E-state index < -0.39 is 0 Å². The predicted molar refractivity (Wildman–Crippen MR) is 122 cm³/mol. The lowest BCUT2D eigenvalue weighted by Gasteiger charge is -2.25. The maximum atomic E-state index is 13.3. The van der Waals surface area contributed by atoms with Crippen LogP contribution in [0.1, 0.15) is 17.4 Å². The number of benzene rings is 2. The monoisotopic (exact) mass is 413 g/mol. The Morgan fingerprint density at radius 2 is 1.61 bits per heavy atom. The molecule has 6 nitrogen and oxygen atoms in total. The Hall–Kier alpha value is -3.64. The minimum Gasteiger partial charge on any atom is -0.366 e. The summed E-state index contributed by atoms with van der Waals surface area (Å²) >= 11 is 0. The molecule has 0 spiro atoms. The number of fused-ring (bicyclic) bond motifs is 3. The van der Waals surface area contributed by atoms with Crippen LogP contribution in [-0.4, -0.2) is 20.3 Å². The van der Waals surface area contributed by atoms with E-state index in [1.165, 1.54) is 11.6 Å². The van der Waals surface area contributed by atoms with Crippen LogP contribution in [0, 0.1) is 0 Å². The van der Waals surface area contributed by atoms with Gasteiger partial charge in [0, 0.05) is 20.6 Å². The third-order valence-corrected chi connectivity index (χ3v) is 5.90. The quantitative estimate of drug-likeness (QED) is 0.517. The smallest absolute Gasteiger partial charge is 0.331 e. The molecule has 0 saturated heterocycles. The van der Waals surface area contributed by atoms with E-state index in [0.717, 1.165) is 22.5 Å². The van der Waals surface area contributed by atoms with Crippen LogP contribution in [-0.2, 0) is 25.4 Å². The first-order chi connectivity index (χ1) is 15.1. The first-order valence-corrected chi connectivity index (χ1v) is 10.3. The molecule has 2 aromatic carbocycles. The van der Waals surface area contributed by atoms with Crippen LogP contribution in [0.25, 0.3) is 28.2 Å². The van der Waals surface area contributed by atoms with Crippen LogP contribution in [0.4, 0.5) is 0 Å². The predicted octanol–water partition coefficient (Wildman–Crippen LogP) is 3.49. The van der Waals surface area contributed by atoms with Crippen molar-refractivity contribution in [2.75, 3.05) is 6.61 Å². The van der Waals surface area contributed by atoms with Crippen molar-refractivity contribution in [3.8, 4) is 11.3 Å². The molecule has 0 fully saturated rings. The highest BCUT2D eigenvalue weighted by molar-refractivity contribution is 5.96. The van der Waals surface area contributed by atoms with Gasteiger partial charge in [0.2, 0.25) is 0 Å². The van der Waals surface area contributed by atoms with Gasteiger partial charge in [-0.3, -0.25) is 13.9 Å². The van der Waals surface area contributed by atoms with Gasteiger partial charge in [0.25, 0.3) is 5.56 Å². The van der Waals surface area contributed by atoms with Crippen LogP contribution in [0.5, 0.6) is 0 Å². The van der Waals surface area contributed by atoms with Gasteiger partial charge in [0.05, 0.1) is 28.9 Å². The molecule has 0 aliphatic carbocycles. The number of rotatable bonds is 3. The molecule has 1 atom stereocenters. The fourth-order valence-corrected chi connectivity index (χ4v) is 4.42. The second-order valence-electron chi connectivity index (χ2n) is 7.74. The van der Waals surface area contributed by atoms with Crippen molar-refractivity contribution in [3.05, 3.63) is 98.8 Å². The van der Waals surface area contributed by atoms with E-state index in [2.05, 4.69) is 4.57 Å². The largest absolute Gasteiger partial charge is 0.366 e. The summed E-state index contributed by atoms with van der Waals surface area (Å²) in [7, 11) is 3.24. The zero-order valence-corrected chi connectivity index (χ0v) is 17.5. The Labute approximate surface area is 179 Å². The molecule has 6 heteroatoms. The first-order valence-electron chi connectivity index (χ1n) is 10.3. The van der Waals surface area contributed by atoms with E-state index in [-0.39, 0.29) is 17.4 Å². The van der Waals surface area contributed by atoms with Gasteiger partial charge in [0.1, 0.15) is 6.10 Å². The van der Waals surface area contributed by atoms with Crippen molar-refractivity contribution < 1.29 is 4.74 Å². The summed E-state index contributed by atoms with van der Waals surface area (Å²) in [5.74, 6) is 0. The fourth-order valence-electron chi connectivity index (χ4n) is 4.42. The molecule has 0 radical (unpaired) electrons. The van der Waals surface area contributed by atoms with Crippen LogP contribution in [0.15, 0.2) is 76.3 Å². The zero-order valence-electron chi connectivity index (χ0n) is 17.5. The molecule has 31 heavy (non-hydrogen) atoms. The van der Waals surface area contributed by atoms with Crippen LogP contribution >= 0.6 is 0 Å². The maximum absolute atomic E-state index is 13.3. The van der Waals surface area contributed by atoms with E-state index in [0.29, 0.717) is 24.1 Å². The van der Waals surface area contributed by atoms with Crippen molar-refractivity contribution in [1.29, 1.82) is 0 Å². The number of ether oxygens (including phenoxy) is 1. The van der Waals surface area contributed by atoms with Crippen LogP contribution in [0.2, 0.25) is 0 Å². The minimum absolute atomic E-state index is 0.287. The van der Waals surface area contributed by atoms with Crippen LogP contribution < -0.4 is 11.2 Å². The van der Waals surface area contributed by atoms with Gasteiger partial charge >= 0.3 is 5.69 Å². The topological polar surface area (TPSA) is 58.2 Å². The number of hydrogen-bond acceptors (Lipinski definition) is 3. The summed E-state index contributed by atoms with van der Waals surface area (Å²) < 4.78 is 11.0. The third-order valence-electron chi connectivity index (χ3n) is 5.90. The van der Waals surface area contributed by atoms with Crippen LogP contribution in [0.3, 0.4) is 0 Å². The van der Waals surface area contributed by atoms with Crippen molar-refractivity contribution in [3.63, 3.8) is 0 Å². The van der Waals surface area contributed by atoms with Gasteiger partial charge in [-0.1, -0.05) is 66.7 Å². The average molecular weight is 413 g/mol. The zero-order chi connectivity index (χ0) is 21.5. The van der Waals surface area contributed by atoms with E-state index >= 15 is 0 Å². The molecule has 0 bridgehead atoms. The molecule has 0 saturated carbocycles. The Morgan fingerprint density at radius 3 is 2.32 bits per heavy atom. The highest BCUT2D eigenvalue weighted by Crippen LogP contribution is 2.38.